The molecule has 1 aromatic carbocycles. The number of amides is 2. The van der Waals surface area contributed by atoms with E-state index in [1.54, 1.807) is 11.9 Å². The maximum absolute atomic E-state index is 13.1. The van der Waals surface area contributed by atoms with Gasteiger partial charge in [-0.15, -0.1) is 0 Å². The van der Waals surface area contributed by atoms with Crippen LogP contribution in [0.2, 0.25) is 0 Å². The third-order valence-corrected chi connectivity index (χ3v) is 5.10. The zero-order chi connectivity index (χ0) is 16.4. The van der Waals surface area contributed by atoms with Crippen LogP contribution in [0.5, 0.6) is 0 Å². The maximum Gasteiger partial charge on any atom is 0.317 e. The van der Waals surface area contributed by atoms with E-state index in [2.05, 4.69) is 5.32 Å². The van der Waals surface area contributed by atoms with Crippen LogP contribution in [0.1, 0.15) is 43.6 Å². The first kappa shape index (κ1) is 16.2. The smallest absolute Gasteiger partial charge is 0.317 e. The standard InChI is InChI=1S/C18H25FN2O2/c1-21(11-17(22)13-5-6-13)18(23)20-16-4-2-3-15(16)12-7-9-14(19)10-8-12/h7-10,13,15-17,22H,2-6,11H2,1H3,(H,20,23)/t15-,16+,17-/m0/s1. The summed E-state index contributed by atoms with van der Waals surface area (Å²) in [6, 6.07) is 6.52. The Morgan fingerprint density at radius 2 is 2.00 bits per heavy atom. The van der Waals surface area contributed by atoms with Crippen LogP contribution in [-0.4, -0.2) is 41.8 Å². The van der Waals surface area contributed by atoms with Crippen molar-refractivity contribution in [3.05, 3.63) is 35.6 Å². The van der Waals surface area contributed by atoms with Gasteiger partial charge in [0, 0.05) is 25.6 Å². The summed E-state index contributed by atoms with van der Waals surface area (Å²) in [6.45, 7) is 0.379. The van der Waals surface area contributed by atoms with Crippen LogP contribution < -0.4 is 5.32 Å². The van der Waals surface area contributed by atoms with Crippen molar-refractivity contribution in [1.82, 2.24) is 10.2 Å². The predicted octanol–water partition coefficient (Wildman–Crippen LogP) is 2.87. The second kappa shape index (κ2) is 6.87. The maximum atomic E-state index is 13.1. The fourth-order valence-corrected chi connectivity index (χ4v) is 3.50. The van der Waals surface area contributed by atoms with Gasteiger partial charge in [0.05, 0.1) is 6.10 Å². The largest absolute Gasteiger partial charge is 0.391 e. The van der Waals surface area contributed by atoms with Crippen molar-refractivity contribution in [2.24, 2.45) is 5.92 Å². The Balaban J connectivity index is 1.57. The van der Waals surface area contributed by atoms with Gasteiger partial charge in [0.2, 0.25) is 0 Å². The Morgan fingerprint density at radius 1 is 1.30 bits per heavy atom. The molecule has 5 heteroatoms. The molecule has 2 fully saturated rings. The molecule has 2 amide bonds. The molecule has 0 radical (unpaired) electrons. The zero-order valence-electron chi connectivity index (χ0n) is 13.5. The monoisotopic (exact) mass is 320 g/mol. The number of halogens is 1. The number of carbonyl (C=O) groups excluding carboxylic acids is 1. The molecule has 0 bridgehead atoms. The molecule has 0 aromatic heterocycles. The van der Waals surface area contributed by atoms with E-state index in [1.807, 2.05) is 12.1 Å². The van der Waals surface area contributed by atoms with Gasteiger partial charge < -0.3 is 15.3 Å². The highest BCUT2D eigenvalue weighted by molar-refractivity contribution is 5.74. The van der Waals surface area contributed by atoms with Gasteiger partial charge in [-0.25, -0.2) is 9.18 Å². The van der Waals surface area contributed by atoms with Gasteiger partial charge in [-0.05, 0) is 49.3 Å². The third-order valence-electron chi connectivity index (χ3n) is 5.10. The highest BCUT2D eigenvalue weighted by Crippen LogP contribution is 2.35. The van der Waals surface area contributed by atoms with Crippen LogP contribution in [0.25, 0.3) is 0 Å². The molecule has 0 unspecified atom stereocenters. The average molecular weight is 320 g/mol. The van der Waals surface area contributed by atoms with Crippen molar-refractivity contribution in [3.63, 3.8) is 0 Å². The summed E-state index contributed by atoms with van der Waals surface area (Å²) in [7, 11) is 1.72. The lowest BCUT2D eigenvalue weighted by atomic mass is 9.94. The highest BCUT2D eigenvalue weighted by Gasteiger charge is 2.33. The number of urea groups is 1. The second-order valence-corrected chi connectivity index (χ2v) is 6.93. The number of aliphatic hydroxyl groups excluding tert-OH is 1. The molecule has 1 aromatic rings. The van der Waals surface area contributed by atoms with E-state index in [0.717, 1.165) is 37.7 Å². The lowest BCUT2D eigenvalue weighted by Gasteiger charge is -2.26. The van der Waals surface area contributed by atoms with Gasteiger partial charge in [0.25, 0.3) is 0 Å². The normalized spacial score (nSPS) is 25.2. The second-order valence-electron chi connectivity index (χ2n) is 6.93. The summed E-state index contributed by atoms with van der Waals surface area (Å²) in [5, 5.41) is 13.1. The first-order valence-corrected chi connectivity index (χ1v) is 8.49. The fraction of sp³-hybridized carbons (Fsp3) is 0.611. The van der Waals surface area contributed by atoms with Gasteiger partial charge in [-0.2, -0.15) is 0 Å². The van der Waals surface area contributed by atoms with Gasteiger partial charge in [0.1, 0.15) is 5.82 Å². The molecule has 2 aliphatic carbocycles. The molecule has 0 spiro atoms. The summed E-state index contributed by atoms with van der Waals surface area (Å²) in [5.41, 5.74) is 1.08. The number of carbonyl (C=O) groups is 1. The van der Waals surface area contributed by atoms with E-state index in [-0.39, 0.29) is 23.8 Å². The third kappa shape index (κ3) is 4.02. The molecule has 4 nitrogen and oxygen atoms in total. The molecule has 3 rings (SSSR count). The molecule has 0 aliphatic heterocycles. The molecule has 2 aliphatic rings. The molecular formula is C18H25FN2O2. The molecule has 0 heterocycles. The topological polar surface area (TPSA) is 52.6 Å². The van der Waals surface area contributed by atoms with Crippen molar-refractivity contribution in [2.45, 2.75) is 50.2 Å². The Bertz CT molecular complexity index is 544. The van der Waals surface area contributed by atoms with E-state index in [1.165, 1.54) is 12.1 Å². The van der Waals surface area contributed by atoms with Crippen molar-refractivity contribution >= 4 is 6.03 Å². The number of benzene rings is 1. The SMILES string of the molecule is CN(C[C@H](O)C1CC1)C(=O)N[C@@H]1CCC[C@H]1c1ccc(F)cc1. The zero-order valence-corrected chi connectivity index (χ0v) is 13.5. The van der Waals surface area contributed by atoms with Gasteiger partial charge in [-0.1, -0.05) is 18.6 Å². The number of aliphatic hydroxyl groups is 1. The quantitative estimate of drug-likeness (QED) is 0.876. The lowest BCUT2D eigenvalue weighted by Crippen LogP contribution is -2.46. The number of rotatable bonds is 5. The molecule has 2 saturated carbocycles. The van der Waals surface area contributed by atoms with Crippen LogP contribution in [0.3, 0.4) is 0 Å². The number of likely N-dealkylation sites (N-methyl/N-ethyl adjacent to an activating group) is 1. The summed E-state index contributed by atoms with van der Waals surface area (Å²) in [6.07, 6.45) is 4.71. The number of hydrogen-bond acceptors (Lipinski definition) is 2. The Hall–Kier alpha value is -1.62. The van der Waals surface area contributed by atoms with Crippen LogP contribution in [0.4, 0.5) is 9.18 Å². The Labute approximate surface area is 136 Å². The van der Waals surface area contributed by atoms with Gasteiger partial charge >= 0.3 is 6.03 Å². The minimum Gasteiger partial charge on any atom is -0.391 e. The van der Waals surface area contributed by atoms with E-state index < -0.39 is 6.10 Å². The van der Waals surface area contributed by atoms with E-state index in [4.69, 9.17) is 0 Å². The first-order valence-electron chi connectivity index (χ1n) is 8.49. The van der Waals surface area contributed by atoms with Gasteiger partial charge in [-0.3, -0.25) is 0 Å². The van der Waals surface area contributed by atoms with Crippen LogP contribution >= 0.6 is 0 Å². The van der Waals surface area contributed by atoms with Crippen LogP contribution in [-0.2, 0) is 0 Å². The highest BCUT2D eigenvalue weighted by atomic mass is 19.1. The minimum atomic E-state index is -0.415. The van der Waals surface area contributed by atoms with Crippen LogP contribution in [0, 0.1) is 11.7 Å². The number of nitrogens with one attached hydrogen (secondary N) is 1. The van der Waals surface area contributed by atoms with Crippen molar-refractivity contribution in [2.75, 3.05) is 13.6 Å². The van der Waals surface area contributed by atoms with Gasteiger partial charge in [0.15, 0.2) is 0 Å². The predicted molar refractivity (Wildman–Crippen MR) is 86.7 cm³/mol. The number of hydrogen-bond donors (Lipinski definition) is 2. The Morgan fingerprint density at radius 3 is 2.65 bits per heavy atom. The van der Waals surface area contributed by atoms with Crippen LogP contribution in [0.15, 0.2) is 24.3 Å². The van der Waals surface area contributed by atoms with E-state index >= 15 is 0 Å². The van der Waals surface area contributed by atoms with E-state index in [0.29, 0.717) is 12.5 Å². The van der Waals surface area contributed by atoms with Crippen molar-refractivity contribution in [3.8, 4) is 0 Å². The summed E-state index contributed by atoms with van der Waals surface area (Å²) >= 11 is 0. The molecule has 23 heavy (non-hydrogen) atoms. The van der Waals surface area contributed by atoms with E-state index in [9.17, 15) is 14.3 Å². The molecule has 0 saturated heterocycles. The fourth-order valence-electron chi connectivity index (χ4n) is 3.50. The van der Waals surface area contributed by atoms with Crippen molar-refractivity contribution < 1.29 is 14.3 Å². The molecule has 2 N–H and O–H groups in total. The molecule has 126 valence electrons. The number of nitrogens with zero attached hydrogens (tertiary/aromatic N) is 1. The average Bonchev–Trinajstić information content (AvgIpc) is 3.29. The molecule has 3 atom stereocenters. The summed E-state index contributed by atoms with van der Waals surface area (Å²) in [5.74, 6) is 0.367. The summed E-state index contributed by atoms with van der Waals surface area (Å²) in [4.78, 5) is 13.9. The lowest BCUT2D eigenvalue weighted by molar-refractivity contribution is 0.112. The minimum absolute atomic E-state index is 0.0773. The summed E-state index contributed by atoms with van der Waals surface area (Å²) < 4.78 is 13.1. The molecular weight excluding hydrogens is 295 g/mol. The first-order chi connectivity index (χ1) is 11.0. The van der Waals surface area contributed by atoms with Crippen molar-refractivity contribution in [1.29, 1.82) is 0 Å². The Kier molecular flexibility index (Phi) is 4.85.